The van der Waals surface area contributed by atoms with Crippen molar-refractivity contribution in [1.29, 1.82) is 0 Å². The van der Waals surface area contributed by atoms with Crippen molar-refractivity contribution in [2.24, 2.45) is 0 Å². The quantitative estimate of drug-likeness (QED) is 0.218. The molecule has 0 amide bonds. The molecule has 0 fully saturated rings. The Labute approximate surface area is 232 Å². The van der Waals surface area contributed by atoms with Crippen LogP contribution in [0.4, 0.5) is 17.1 Å². The van der Waals surface area contributed by atoms with Crippen LogP contribution >= 0.6 is 0 Å². The van der Waals surface area contributed by atoms with Crippen LogP contribution in [-0.4, -0.2) is 0 Å². The van der Waals surface area contributed by atoms with E-state index < -0.39 is 0 Å². The van der Waals surface area contributed by atoms with Crippen molar-refractivity contribution in [3.63, 3.8) is 0 Å². The van der Waals surface area contributed by atoms with E-state index >= 15 is 0 Å². The fraction of sp³-hybridized carbons (Fsp3) is 0. The van der Waals surface area contributed by atoms with Gasteiger partial charge >= 0.3 is 0 Å². The molecule has 0 bridgehead atoms. The smallest absolute Gasteiger partial charge is 0.159 e. The maximum Gasteiger partial charge on any atom is 0.159 e. The molecule has 0 aliphatic carbocycles. The first-order chi connectivity index (χ1) is 19.8. The molecule has 0 aliphatic heterocycles. The van der Waals surface area contributed by atoms with E-state index in [1.165, 1.54) is 32.7 Å². The number of anilines is 3. The van der Waals surface area contributed by atoms with Gasteiger partial charge in [-0.15, -0.1) is 0 Å². The molecule has 0 aliphatic rings. The van der Waals surface area contributed by atoms with Crippen LogP contribution in [-0.2, 0) is 0 Å². The molecule has 8 aromatic rings. The summed E-state index contributed by atoms with van der Waals surface area (Å²) in [5.74, 6) is 0. The van der Waals surface area contributed by atoms with Gasteiger partial charge in [-0.2, -0.15) is 0 Å². The summed E-state index contributed by atoms with van der Waals surface area (Å²) in [4.78, 5) is 2.31. The molecule has 0 spiro atoms. The zero-order valence-corrected chi connectivity index (χ0v) is 21.8. The summed E-state index contributed by atoms with van der Waals surface area (Å²) in [6, 6.07) is 53.8. The number of hydrogen-bond acceptors (Lipinski definition) is 2. The Kier molecular flexibility index (Phi) is 5.17. The lowest BCUT2D eigenvalue weighted by atomic mass is 10.0. The van der Waals surface area contributed by atoms with Crippen molar-refractivity contribution in [2.75, 3.05) is 4.90 Å². The standard InChI is InChI=1S/C38H25NO/c1-2-9-26(10-3-1)27-19-21-30(22-20-27)39(36-15-8-14-35-34-13-6-7-16-37(34)40-38(35)36)31-23-24-33-29(25-31)18-17-28-11-4-5-12-32(28)33/h1-25H. The van der Waals surface area contributed by atoms with E-state index in [1.54, 1.807) is 0 Å². The molecule has 1 aromatic heterocycles. The Balaban J connectivity index is 1.35. The number of para-hydroxylation sites is 2. The van der Waals surface area contributed by atoms with Crippen LogP contribution in [0.15, 0.2) is 156 Å². The second kappa shape index (κ2) is 9.14. The van der Waals surface area contributed by atoms with Crippen LogP contribution < -0.4 is 4.90 Å². The van der Waals surface area contributed by atoms with E-state index in [-0.39, 0.29) is 0 Å². The van der Waals surface area contributed by atoms with Crippen LogP contribution in [0.25, 0.3) is 54.6 Å². The summed E-state index contributed by atoms with van der Waals surface area (Å²) in [5, 5.41) is 7.23. The van der Waals surface area contributed by atoms with E-state index in [4.69, 9.17) is 4.42 Å². The fourth-order valence-corrected chi connectivity index (χ4v) is 5.91. The Morgan fingerprint density at radius 3 is 1.93 bits per heavy atom. The molecule has 0 saturated heterocycles. The van der Waals surface area contributed by atoms with E-state index in [0.29, 0.717) is 0 Å². The first kappa shape index (κ1) is 22.6. The van der Waals surface area contributed by atoms with Gasteiger partial charge in [-0.3, -0.25) is 0 Å². The predicted molar refractivity (Wildman–Crippen MR) is 169 cm³/mol. The van der Waals surface area contributed by atoms with Gasteiger partial charge in [-0.05, 0) is 69.1 Å². The van der Waals surface area contributed by atoms with Gasteiger partial charge in [0, 0.05) is 22.1 Å². The Morgan fingerprint density at radius 1 is 0.400 bits per heavy atom. The van der Waals surface area contributed by atoms with Gasteiger partial charge in [-0.25, -0.2) is 0 Å². The number of benzene rings is 7. The summed E-state index contributed by atoms with van der Waals surface area (Å²) in [7, 11) is 0. The van der Waals surface area contributed by atoms with E-state index in [9.17, 15) is 0 Å². The van der Waals surface area contributed by atoms with Crippen molar-refractivity contribution >= 4 is 60.5 Å². The summed E-state index contributed by atoms with van der Waals surface area (Å²) >= 11 is 0. The number of furan rings is 1. The summed E-state index contributed by atoms with van der Waals surface area (Å²) in [6.45, 7) is 0. The summed E-state index contributed by atoms with van der Waals surface area (Å²) in [5.41, 5.74) is 7.36. The molecule has 188 valence electrons. The second-order valence-corrected chi connectivity index (χ2v) is 10.2. The van der Waals surface area contributed by atoms with Gasteiger partial charge in [0.15, 0.2) is 5.58 Å². The molecular weight excluding hydrogens is 486 g/mol. The third kappa shape index (κ3) is 3.65. The molecule has 0 saturated carbocycles. The predicted octanol–water partition coefficient (Wildman–Crippen LogP) is 11.0. The maximum atomic E-state index is 6.50. The summed E-state index contributed by atoms with van der Waals surface area (Å²) in [6.07, 6.45) is 0. The number of rotatable bonds is 4. The third-order valence-corrected chi connectivity index (χ3v) is 7.84. The molecule has 7 aromatic carbocycles. The molecular formula is C38H25NO. The molecule has 0 radical (unpaired) electrons. The minimum atomic E-state index is 0.884. The molecule has 1 heterocycles. The fourth-order valence-electron chi connectivity index (χ4n) is 5.91. The van der Waals surface area contributed by atoms with Gasteiger partial charge in [-0.1, -0.05) is 115 Å². The van der Waals surface area contributed by atoms with Gasteiger partial charge in [0.2, 0.25) is 0 Å². The average Bonchev–Trinajstić information content (AvgIpc) is 3.41. The second-order valence-electron chi connectivity index (χ2n) is 10.2. The Hall–Kier alpha value is -5.34. The van der Waals surface area contributed by atoms with Crippen molar-refractivity contribution in [1.82, 2.24) is 0 Å². The Morgan fingerprint density at radius 2 is 1.05 bits per heavy atom. The first-order valence-corrected chi connectivity index (χ1v) is 13.6. The SMILES string of the molecule is c1ccc(-c2ccc(N(c3ccc4c(ccc5ccccc54)c3)c3cccc4c3oc3ccccc34)cc2)cc1. The van der Waals surface area contributed by atoms with Gasteiger partial charge in [0.25, 0.3) is 0 Å². The average molecular weight is 512 g/mol. The summed E-state index contributed by atoms with van der Waals surface area (Å²) < 4.78 is 6.50. The highest BCUT2D eigenvalue weighted by molar-refractivity contribution is 6.11. The first-order valence-electron chi connectivity index (χ1n) is 13.6. The highest BCUT2D eigenvalue weighted by atomic mass is 16.3. The third-order valence-electron chi connectivity index (χ3n) is 7.84. The largest absolute Gasteiger partial charge is 0.454 e. The topological polar surface area (TPSA) is 16.4 Å². The van der Waals surface area contributed by atoms with Crippen LogP contribution in [0.3, 0.4) is 0 Å². The van der Waals surface area contributed by atoms with Crippen molar-refractivity contribution < 1.29 is 4.42 Å². The lowest BCUT2D eigenvalue weighted by molar-refractivity contribution is 0.669. The molecule has 2 heteroatoms. The number of hydrogen-bond donors (Lipinski definition) is 0. The molecule has 0 N–H and O–H groups in total. The molecule has 2 nitrogen and oxygen atoms in total. The zero-order valence-electron chi connectivity index (χ0n) is 21.8. The van der Waals surface area contributed by atoms with E-state index in [0.717, 1.165) is 39.0 Å². The van der Waals surface area contributed by atoms with Crippen LogP contribution in [0.2, 0.25) is 0 Å². The number of nitrogens with zero attached hydrogens (tertiary/aromatic N) is 1. The van der Waals surface area contributed by atoms with Crippen LogP contribution in [0.1, 0.15) is 0 Å². The minimum Gasteiger partial charge on any atom is -0.454 e. The Bertz CT molecular complexity index is 2160. The van der Waals surface area contributed by atoms with Crippen molar-refractivity contribution in [3.05, 3.63) is 152 Å². The minimum absolute atomic E-state index is 0.884. The van der Waals surface area contributed by atoms with Gasteiger partial charge in [0.1, 0.15) is 5.58 Å². The maximum absolute atomic E-state index is 6.50. The zero-order chi connectivity index (χ0) is 26.5. The lowest BCUT2D eigenvalue weighted by Crippen LogP contribution is -2.10. The van der Waals surface area contributed by atoms with Crippen LogP contribution in [0, 0.1) is 0 Å². The van der Waals surface area contributed by atoms with Crippen LogP contribution in [0.5, 0.6) is 0 Å². The number of fused-ring (bicyclic) bond motifs is 6. The highest BCUT2D eigenvalue weighted by Gasteiger charge is 2.19. The molecule has 0 unspecified atom stereocenters. The molecule has 8 rings (SSSR count). The lowest BCUT2D eigenvalue weighted by Gasteiger charge is -2.26. The van der Waals surface area contributed by atoms with Gasteiger partial charge < -0.3 is 9.32 Å². The normalized spacial score (nSPS) is 11.5. The molecule has 0 atom stereocenters. The molecule has 40 heavy (non-hydrogen) atoms. The highest BCUT2D eigenvalue weighted by Crippen LogP contribution is 2.43. The van der Waals surface area contributed by atoms with Crippen molar-refractivity contribution in [3.8, 4) is 11.1 Å². The monoisotopic (exact) mass is 511 g/mol. The van der Waals surface area contributed by atoms with Crippen molar-refractivity contribution in [2.45, 2.75) is 0 Å². The van der Waals surface area contributed by atoms with E-state index in [1.807, 2.05) is 12.1 Å². The van der Waals surface area contributed by atoms with E-state index in [2.05, 4.69) is 144 Å². The van der Waals surface area contributed by atoms with Gasteiger partial charge in [0.05, 0.1) is 5.69 Å².